The van der Waals surface area contributed by atoms with Gasteiger partial charge in [-0.15, -0.1) is 0 Å². The van der Waals surface area contributed by atoms with Crippen LogP contribution in [0, 0.1) is 0 Å². The van der Waals surface area contributed by atoms with E-state index in [1.54, 1.807) is 42.6 Å². The minimum atomic E-state index is -0.552. The van der Waals surface area contributed by atoms with E-state index in [1.165, 1.54) is 0 Å². The zero-order valence-corrected chi connectivity index (χ0v) is 15.0. The van der Waals surface area contributed by atoms with Gasteiger partial charge in [-0.1, -0.05) is 29.3 Å². The first-order valence-electron chi connectivity index (χ1n) is 7.95. The SMILES string of the molecule is COc1ccncc1C1OC12CCN2C(=O)Cc1ccc(Cl)c(Cl)c1. The number of carbonyl (C=O) groups excluding carboxylic acids is 1. The number of epoxide rings is 1. The molecular weight excluding hydrogens is 363 g/mol. The number of hydrogen-bond acceptors (Lipinski definition) is 4. The number of aromatic nitrogens is 1. The molecule has 2 aliphatic heterocycles. The molecule has 7 heteroatoms. The van der Waals surface area contributed by atoms with E-state index in [1.807, 2.05) is 6.07 Å². The van der Waals surface area contributed by atoms with Gasteiger partial charge in [0.15, 0.2) is 5.72 Å². The third kappa shape index (κ3) is 2.76. The predicted molar refractivity (Wildman–Crippen MR) is 93.8 cm³/mol. The van der Waals surface area contributed by atoms with E-state index < -0.39 is 5.72 Å². The summed E-state index contributed by atoms with van der Waals surface area (Å²) in [5.41, 5.74) is 1.15. The van der Waals surface area contributed by atoms with Crippen molar-refractivity contribution in [3.8, 4) is 5.75 Å². The molecule has 0 aliphatic carbocycles. The highest BCUT2D eigenvalue weighted by Gasteiger charge is 2.68. The summed E-state index contributed by atoms with van der Waals surface area (Å²) >= 11 is 12.0. The van der Waals surface area contributed by atoms with Crippen molar-refractivity contribution in [2.75, 3.05) is 13.7 Å². The summed E-state index contributed by atoms with van der Waals surface area (Å²) in [5.74, 6) is 0.732. The quantitative estimate of drug-likeness (QED) is 0.762. The van der Waals surface area contributed by atoms with E-state index in [-0.39, 0.29) is 18.4 Å². The Bertz CT molecular complexity index is 845. The van der Waals surface area contributed by atoms with Crippen LogP contribution in [0.3, 0.4) is 0 Å². The van der Waals surface area contributed by atoms with Gasteiger partial charge in [-0.25, -0.2) is 0 Å². The number of methoxy groups -OCH3 is 1. The number of likely N-dealkylation sites (tertiary alicyclic amines) is 1. The Balaban J connectivity index is 1.49. The Morgan fingerprint density at radius 2 is 2.24 bits per heavy atom. The fraction of sp³-hybridized carbons (Fsp3) is 0.333. The number of rotatable bonds is 4. The second kappa shape index (κ2) is 6.16. The van der Waals surface area contributed by atoms with Gasteiger partial charge in [0.2, 0.25) is 5.91 Å². The molecule has 0 N–H and O–H groups in total. The molecule has 5 nitrogen and oxygen atoms in total. The van der Waals surface area contributed by atoms with Crippen LogP contribution in [0.15, 0.2) is 36.7 Å². The van der Waals surface area contributed by atoms with Crippen LogP contribution in [-0.2, 0) is 16.0 Å². The molecule has 1 aromatic carbocycles. The number of halogens is 2. The Labute approximate surface area is 155 Å². The molecule has 4 rings (SSSR count). The first-order valence-corrected chi connectivity index (χ1v) is 8.71. The van der Waals surface area contributed by atoms with Crippen molar-refractivity contribution in [2.24, 2.45) is 0 Å². The lowest BCUT2D eigenvalue weighted by Gasteiger charge is -2.39. The van der Waals surface area contributed by atoms with Crippen molar-refractivity contribution in [1.82, 2.24) is 9.88 Å². The molecule has 2 saturated heterocycles. The number of benzene rings is 1. The molecule has 0 bridgehead atoms. The van der Waals surface area contributed by atoms with Crippen molar-refractivity contribution in [3.05, 3.63) is 57.8 Å². The van der Waals surface area contributed by atoms with Crippen molar-refractivity contribution >= 4 is 29.1 Å². The van der Waals surface area contributed by atoms with Gasteiger partial charge in [-0.05, 0) is 23.8 Å². The van der Waals surface area contributed by atoms with E-state index in [2.05, 4.69) is 4.98 Å². The Morgan fingerprint density at radius 3 is 2.92 bits per heavy atom. The molecule has 1 aromatic heterocycles. The van der Waals surface area contributed by atoms with Gasteiger partial charge in [0, 0.05) is 30.9 Å². The number of amides is 1. The largest absolute Gasteiger partial charge is 0.496 e. The number of pyridine rings is 1. The molecule has 25 heavy (non-hydrogen) atoms. The van der Waals surface area contributed by atoms with E-state index in [9.17, 15) is 4.79 Å². The number of carbonyl (C=O) groups is 1. The average Bonchev–Trinajstić information content (AvgIpc) is 3.35. The molecule has 0 saturated carbocycles. The third-order valence-electron chi connectivity index (χ3n) is 4.78. The highest BCUT2D eigenvalue weighted by molar-refractivity contribution is 6.42. The lowest BCUT2D eigenvalue weighted by Crippen LogP contribution is -2.55. The maximum Gasteiger partial charge on any atom is 0.229 e. The third-order valence-corrected chi connectivity index (χ3v) is 5.52. The molecular formula is C18H16Cl2N2O3. The normalized spacial score (nSPS) is 24.1. The molecule has 3 heterocycles. The summed E-state index contributed by atoms with van der Waals surface area (Å²) in [7, 11) is 1.61. The number of nitrogens with zero attached hydrogens (tertiary/aromatic N) is 2. The second-order valence-corrected chi connectivity index (χ2v) is 7.00. The van der Waals surface area contributed by atoms with E-state index in [4.69, 9.17) is 32.7 Å². The monoisotopic (exact) mass is 378 g/mol. The lowest BCUT2D eigenvalue weighted by molar-refractivity contribution is -0.146. The van der Waals surface area contributed by atoms with Crippen LogP contribution >= 0.6 is 23.2 Å². The van der Waals surface area contributed by atoms with Crippen LogP contribution < -0.4 is 4.74 Å². The second-order valence-electron chi connectivity index (χ2n) is 6.18. The van der Waals surface area contributed by atoms with Gasteiger partial charge in [0.1, 0.15) is 11.9 Å². The van der Waals surface area contributed by atoms with Crippen LogP contribution in [-0.4, -0.2) is 35.2 Å². The molecule has 2 atom stereocenters. The maximum atomic E-state index is 12.7. The summed E-state index contributed by atoms with van der Waals surface area (Å²) in [6.45, 7) is 0.680. The average molecular weight is 379 g/mol. The highest BCUT2D eigenvalue weighted by atomic mass is 35.5. The molecule has 130 valence electrons. The lowest BCUT2D eigenvalue weighted by atomic mass is 9.94. The summed E-state index contributed by atoms with van der Waals surface area (Å²) in [5, 5.41) is 0.929. The van der Waals surface area contributed by atoms with Crippen LogP contribution in [0.4, 0.5) is 0 Å². The standard InChI is InChI=1S/C18H16Cl2N2O3/c1-24-15-4-6-21-10-12(15)17-18(25-17)5-7-22(18)16(23)9-11-2-3-13(19)14(20)8-11/h2-4,6,8,10,17H,5,7,9H2,1H3. The molecule has 1 amide bonds. The van der Waals surface area contributed by atoms with Crippen LogP contribution in [0.2, 0.25) is 10.0 Å². The highest BCUT2D eigenvalue weighted by Crippen LogP contribution is 2.60. The zero-order chi connectivity index (χ0) is 17.6. The zero-order valence-electron chi connectivity index (χ0n) is 13.5. The maximum absolute atomic E-state index is 12.7. The van der Waals surface area contributed by atoms with Gasteiger partial charge < -0.3 is 14.4 Å². The molecule has 2 aromatic rings. The first-order chi connectivity index (χ1) is 12.0. The number of ether oxygens (including phenoxy) is 2. The minimum Gasteiger partial charge on any atom is -0.496 e. The summed E-state index contributed by atoms with van der Waals surface area (Å²) in [4.78, 5) is 18.6. The topological polar surface area (TPSA) is 55.0 Å². The molecule has 1 spiro atoms. The van der Waals surface area contributed by atoms with Gasteiger partial charge in [0.05, 0.1) is 23.6 Å². The fourth-order valence-corrected chi connectivity index (χ4v) is 3.67. The fourth-order valence-electron chi connectivity index (χ4n) is 3.35. The summed E-state index contributed by atoms with van der Waals surface area (Å²) < 4.78 is 11.3. The van der Waals surface area contributed by atoms with Crippen molar-refractivity contribution in [2.45, 2.75) is 24.7 Å². The molecule has 2 unspecified atom stereocenters. The Kier molecular flexibility index (Phi) is 4.10. The summed E-state index contributed by atoms with van der Waals surface area (Å²) in [6.07, 6.45) is 4.29. The van der Waals surface area contributed by atoms with Gasteiger partial charge in [0.25, 0.3) is 0 Å². The van der Waals surface area contributed by atoms with E-state index in [0.29, 0.717) is 16.6 Å². The summed E-state index contributed by atoms with van der Waals surface area (Å²) in [6, 6.07) is 7.04. The number of hydrogen-bond donors (Lipinski definition) is 0. The molecule has 2 aliphatic rings. The minimum absolute atomic E-state index is 0.00926. The van der Waals surface area contributed by atoms with E-state index >= 15 is 0 Å². The molecule has 0 radical (unpaired) electrons. The van der Waals surface area contributed by atoms with Crippen molar-refractivity contribution < 1.29 is 14.3 Å². The smallest absolute Gasteiger partial charge is 0.229 e. The van der Waals surface area contributed by atoms with E-state index in [0.717, 1.165) is 23.3 Å². The van der Waals surface area contributed by atoms with Gasteiger partial charge in [-0.3, -0.25) is 9.78 Å². The van der Waals surface area contributed by atoms with Crippen LogP contribution in [0.5, 0.6) is 5.75 Å². The van der Waals surface area contributed by atoms with Crippen LogP contribution in [0.1, 0.15) is 23.7 Å². The van der Waals surface area contributed by atoms with Crippen LogP contribution in [0.25, 0.3) is 0 Å². The van der Waals surface area contributed by atoms with Gasteiger partial charge in [-0.2, -0.15) is 0 Å². The first kappa shape index (κ1) is 16.6. The Morgan fingerprint density at radius 1 is 1.40 bits per heavy atom. The molecule has 2 fully saturated rings. The van der Waals surface area contributed by atoms with Crippen molar-refractivity contribution in [1.29, 1.82) is 0 Å². The predicted octanol–water partition coefficient (Wildman–Crippen LogP) is 3.64. The van der Waals surface area contributed by atoms with Gasteiger partial charge >= 0.3 is 0 Å². The Hall–Kier alpha value is -1.82. The van der Waals surface area contributed by atoms with Crippen molar-refractivity contribution in [3.63, 3.8) is 0 Å².